The lowest BCUT2D eigenvalue weighted by Gasteiger charge is -2.44. The van der Waals surface area contributed by atoms with E-state index in [0.717, 1.165) is 62.8 Å². The highest BCUT2D eigenvalue weighted by Gasteiger charge is 2.32. The summed E-state index contributed by atoms with van der Waals surface area (Å²) in [4.78, 5) is 36.0. The van der Waals surface area contributed by atoms with Gasteiger partial charge < -0.3 is 15.1 Å². The lowest BCUT2D eigenvalue weighted by molar-refractivity contribution is -0.933. The van der Waals surface area contributed by atoms with Crippen molar-refractivity contribution in [3.63, 3.8) is 0 Å². The first-order chi connectivity index (χ1) is 17.2. The molecule has 2 amide bonds. The van der Waals surface area contributed by atoms with Crippen LogP contribution in [0, 0.1) is 11.7 Å². The maximum atomic E-state index is 13.2. The van der Waals surface area contributed by atoms with E-state index in [0.29, 0.717) is 29.3 Å². The van der Waals surface area contributed by atoms with Gasteiger partial charge in [-0.05, 0) is 81.3 Å². The summed E-state index contributed by atoms with van der Waals surface area (Å²) in [5, 5.41) is 5.67. The Kier molecular flexibility index (Phi) is 9.76. The molecule has 0 radical (unpaired) electrons. The highest BCUT2D eigenvalue weighted by atomic mass is 19.1. The van der Waals surface area contributed by atoms with Gasteiger partial charge in [-0.2, -0.15) is 0 Å². The molecule has 1 heterocycles. The molecule has 2 aromatic carbocycles. The third-order valence-electron chi connectivity index (χ3n) is 7.26. The number of nitrogens with zero attached hydrogens (tertiary/aromatic N) is 1. The summed E-state index contributed by atoms with van der Waals surface area (Å²) in [7, 11) is 0. The first kappa shape index (κ1) is 27.5. The Morgan fingerprint density at radius 2 is 1.56 bits per heavy atom. The minimum atomic E-state index is -0.342. The number of nitrogens with one attached hydrogen (secondary N) is 2. The van der Waals surface area contributed by atoms with Gasteiger partial charge in [0.1, 0.15) is 5.82 Å². The highest BCUT2D eigenvalue weighted by Crippen LogP contribution is 2.27. The van der Waals surface area contributed by atoms with Crippen LogP contribution in [0.3, 0.4) is 0 Å². The number of Topliss-reactive ketones (excluding diaryl/α,β-unsaturated/α-hetero) is 2. The molecule has 1 fully saturated rings. The van der Waals surface area contributed by atoms with E-state index in [1.165, 1.54) is 19.4 Å². The Bertz CT molecular complexity index is 1030. The van der Waals surface area contributed by atoms with E-state index in [1.54, 1.807) is 30.3 Å². The molecule has 0 aliphatic carbocycles. The molecule has 0 bridgehead atoms. The van der Waals surface area contributed by atoms with Crippen LogP contribution in [-0.4, -0.2) is 54.8 Å². The second-order valence-electron chi connectivity index (χ2n) is 10.2. The fourth-order valence-electron chi connectivity index (χ4n) is 5.26. The van der Waals surface area contributed by atoms with Crippen LogP contribution in [-0.2, 0) is 6.42 Å². The number of urea groups is 1. The predicted molar refractivity (Wildman–Crippen MR) is 141 cm³/mol. The van der Waals surface area contributed by atoms with E-state index >= 15 is 0 Å². The molecule has 0 unspecified atom stereocenters. The molecule has 3 rings (SSSR count). The molecular formula is C29H39FN3O3+. The third kappa shape index (κ3) is 7.98. The number of carbonyl (C=O) groups excluding carboxylic acids is 3. The first-order valence-electron chi connectivity index (χ1n) is 13.0. The number of likely N-dealkylation sites (tertiary alicyclic amines) is 1. The number of rotatable bonds is 11. The summed E-state index contributed by atoms with van der Waals surface area (Å²) in [5.74, 6) is 0.128. The molecule has 36 heavy (non-hydrogen) atoms. The van der Waals surface area contributed by atoms with Crippen molar-refractivity contribution in [3.8, 4) is 0 Å². The molecule has 0 aromatic heterocycles. The SMILES string of the molecule is CCC[N+]1(CCCNC(=O)Nc2cc(C(C)=O)cc(C(C)=O)c2)CCC(Cc2ccc(F)cc2)CC1. The zero-order valence-corrected chi connectivity index (χ0v) is 21.7. The molecule has 1 aliphatic heterocycles. The van der Waals surface area contributed by atoms with Gasteiger partial charge in [0.05, 0.1) is 26.2 Å². The number of halogens is 1. The van der Waals surface area contributed by atoms with Gasteiger partial charge in [-0.25, -0.2) is 9.18 Å². The molecule has 1 aliphatic rings. The van der Waals surface area contributed by atoms with Crippen molar-refractivity contribution in [3.05, 3.63) is 65.0 Å². The minimum absolute atomic E-state index is 0.159. The summed E-state index contributed by atoms with van der Waals surface area (Å²) >= 11 is 0. The molecule has 194 valence electrons. The number of ketones is 2. The van der Waals surface area contributed by atoms with Crippen LogP contribution in [0.15, 0.2) is 42.5 Å². The number of amides is 2. The number of piperidine rings is 1. The van der Waals surface area contributed by atoms with Crippen LogP contribution in [0.25, 0.3) is 0 Å². The van der Waals surface area contributed by atoms with Gasteiger partial charge >= 0.3 is 6.03 Å². The zero-order chi connectivity index (χ0) is 26.1. The van der Waals surface area contributed by atoms with Gasteiger partial charge in [0.25, 0.3) is 0 Å². The number of anilines is 1. The van der Waals surface area contributed by atoms with Crippen molar-refractivity contribution in [2.75, 3.05) is 38.0 Å². The van der Waals surface area contributed by atoms with Gasteiger partial charge in [0, 0.05) is 29.8 Å². The molecule has 0 spiro atoms. The number of hydrogen-bond donors (Lipinski definition) is 2. The second-order valence-corrected chi connectivity index (χ2v) is 10.2. The topological polar surface area (TPSA) is 75.3 Å². The second kappa shape index (κ2) is 12.8. The van der Waals surface area contributed by atoms with E-state index in [-0.39, 0.29) is 23.4 Å². The molecule has 1 saturated heterocycles. The van der Waals surface area contributed by atoms with Gasteiger partial charge in [0.15, 0.2) is 11.6 Å². The van der Waals surface area contributed by atoms with Gasteiger partial charge in [-0.15, -0.1) is 0 Å². The molecule has 6 nitrogen and oxygen atoms in total. The maximum Gasteiger partial charge on any atom is 0.319 e. The number of hydrogen-bond acceptors (Lipinski definition) is 3. The Morgan fingerprint density at radius 3 is 2.11 bits per heavy atom. The Hall–Kier alpha value is -3.06. The van der Waals surface area contributed by atoms with Crippen LogP contribution in [0.1, 0.15) is 72.7 Å². The smallest absolute Gasteiger partial charge is 0.319 e. The largest absolute Gasteiger partial charge is 0.338 e. The van der Waals surface area contributed by atoms with Gasteiger partial charge in [-0.1, -0.05) is 19.1 Å². The van der Waals surface area contributed by atoms with E-state index in [4.69, 9.17) is 0 Å². The van der Waals surface area contributed by atoms with Crippen molar-refractivity contribution < 1.29 is 23.3 Å². The molecule has 7 heteroatoms. The summed E-state index contributed by atoms with van der Waals surface area (Å²) in [6.45, 7) is 10.1. The van der Waals surface area contributed by atoms with Crippen molar-refractivity contribution in [2.24, 2.45) is 5.92 Å². The van der Waals surface area contributed by atoms with Crippen LogP contribution >= 0.6 is 0 Å². The van der Waals surface area contributed by atoms with Crippen molar-refractivity contribution in [2.45, 2.75) is 52.9 Å². The lowest BCUT2D eigenvalue weighted by atomic mass is 9.88. The van der Waals surface area contributed by atoms with E-state index in [2.05, 4.69) is 17.6 Å². The van der Waals surface area contributed by atoms with Gasteiger partial charge in [-0.3, -0.25) is 9.59 Å². The van der Waals surface area contributed by atoms with Crippen molar-refractivity contribution in [1.82, 2.24) is 5.32 Å². The summed E-state index contributed by atoms with van der Waals surface area (Å²) in [6.07, 6.45) is 5.33. The molecular weight excluding hydrogens is 457 g/mol. The number of quaternary nitrogens is 1. The zero-order valence-electron chi connectivity index (χ0n) is 21.7. The van der Waals surface area contributed by atoms with E-state index < -0.39 is 0 Å². The quantitative estimate of drug-likeness (QED) is 0.241. The Morgan fingerprint density at radius 1 is 0.944 bits per heavy atom. The fourth-order valence-corrected chi connectivity index (χ4v) is 5.26. The molecule has 0 saturated carbocycles. The number of benzene rings is 2. The standard InChI is InChI=1S/C29H38FN3O3/c1-4-13-33(15-10-24(11-16-33)17-23-6-8-27(30)9-7-23)14-5-12-31-29(36)32-28-19-25(21(2)34)18-26(20-28)22(3)35/h6-9,18-20,24H,4-5,10-17H2,1-3H3,(H-,31,32,36)/p+1. The molecule has 2 aromatic rings. The third-order valence-corrected chi connectivity index (χ3v) is 7.26. The summed E-state index contributed by atoms with van der Waals surface area (Å²) in [6, 6.07) is 11.3. The minimum Gasteiger partial charge on any atom is -0.338 e. The van der Waals surface area contributed by atoms with Crippen LogP contribution in [0.5, 0.6) is 0 Å². The van der Waals surface area contributed by atoms with E-state index in [1.807, 2.05) is 12.1 Å². The lowest BCUT2D eigenvalue weighted by Crippen LogP contribution is -2.54. The maximum absolute atomic E-state index is 13.2. The fraction of sp³-hybridized carbons (Fsp3) is 0.483. The van der Waals surface area contributed by atoms with Crippen LogP contribution < -0.4 is 10.6 Å². The Labute approximate surface area is 213 Å². The molecule has 0 atom stereocenters. The predicted octanol–water partition coefficient (Wildman–Crippen LogP) is 5.62. The normalized spacial score (nSPS) is 19.5. The average Bonchev–Trinajstić information content (AvgIpc) is 2.84. The molecule has 2 N–H and O–H groups in total. The van der Waals surface area contributed by atoms with Gasteiger partial charge in [0.2, 0.25) is 0 Å². The number of carbonyl (C=O) groups is 3. The monoisotopic (exact) mass is 496 g/mol. The van der Waals surface area contributed by atoms with E-state index in [9.17, 15) is 18.8 Å². The summed E-state index contributed by atoms with van der Waals surface area (Å²) in [5.41, 5.74) is 2.43. The van der Waals surface area contributed by atoms with Crippen LogP contribution in [0.2, 0.25) is 0 Å². The highest BCUT2D eigenvalue weighted by molar-refractivity contribution is 6.02. The Balaban J connectivity index is 1.47. The van der Waals surface area contributed by atoms with Crippen LogP contribution in [0.4, 0.5) is 14.9 Å². The van der Waals surface area contributed by atoms with Crippen molar-refractivity contribution >= 4 is 23.3 Å². The first-order valence-corrected chi connectivity index (χ1v) is 13.0. The average molecular weight is 497 g/mol. The summed E-state index contributed by atoms with van der Waals surface area (Å²) < 4.78 is 14.3. The van der Waals surface area contributed by atoms with Crippen molar-refractivity contribution in [1.29, 1.82) is 0 Å².